The third-order valence-corrected chi connectivity index (χ3v) is 8.12. The number of halogens is 2. The summed E-state index contributed by atoms with van der Waals surface area (Å²) in [6.07, 6.45) is 6.95. The van der Waals surface area contributed by atoms with Crippen LogP contribution >= 0.6 is 12.4 Å². The first-order chi connectivity index (χ1) is 19.0. The summed E-state index contributed by atoms with van der Waals surface area (Å²) in [6, 6.07) is 7.32. The van der Waals surface area contributed by atoms with Crippen LogP contribution in [-0.4, -0.2) is 58.4 Å². The molecule has 10 nitrogen and oxygen atoms in total. The second-order valence-corrected chi connectivity index (χ2v) is 10.7. The zero-order chi connectivity index (χ0) is 26.9. The smallest absolute Gasteiger partial charge is 0.263 e. The molecule has 0 unspecified atom stereocenters. The molecule has 2 saturated heterocycles. The van der Waals surface area contributed by atoms with Crippen LogP contribution in [0.15, 0.2) is 30.5 Å². The Balaban J connectivity index is 0.00000323. The van der Waals surface area contributed by atoms with Crippen molar-refractivity contribution in [3.63, 3.8) is 0 Å². The number of nitrogens with two attached hydrogens (primary N) is 1. The lowest BCUT2D eigenvalue weighted by molar-refractivity contribution is -0.165. The van der Waals surface area contributed by atoms with Crippen molar-refractivity contribution in [2.45, 2.75) is 62.6 Å². The summed E-state index contributed by atoms with van der Waals surface area (Å²) in [7, 11) is 0. The average molecular weight is 573 g/mol. The summed E-state index contributed by atoms with van der Waals surface area (Å²) in [4.78, 5) is 24.9. The van der Waals surface area contributed by atoms with Crippen molar-refractivity contribution in [1.29, 1.82) is 0 Å². The highest BCUT2D eigenvalue weighted by molar-refractivity contribution is 5.94. The Bertz CT molecular complexity index is 1370. The molecule has 3 aromatic rings. The van der Waals surface area contributed by atoms with Gasteiger partial charge < -0.3 is 30.6 Å². The fourth-order valence-corrected chi connectivity index (χ4v) is 5.70. The van der Waals surface area contributed by atoms with E-state index in [9.17, 15) is 9.18 Å². The molecule has 0 atom stereocenters. The van der Waals surface area contributed by atoms with Crippen molar-refractivity contribution < 1.29 is 23.4 Å². The highest BCUT2D eigenvalue weighted by Gasteiger charge is 2.49. The number of pyridine rings is 3. The van der Waals surface area contributed by atoms with E-state index >= 15 is 0 Å². The average Bonchev–Trinajstić information content (AvgIpc) is 2.96. The van der Waals surface area contributed by atoms with Gasteiger partial charge >= 0.3 is 0 Å². The van der Waals surface area contributed by atoms with Gasteiger partial charge in [-0.3, -0.25) is 9.78 Å². The third kappa shape index (κ3) is 5.83. The Morgan fingerprint density at radius 3 is 2.77 bits per heavy atom. The maximum Gasteiger partial charge on any atom is 0.263 e. The molecule has 0 aromatic carbocycles. The Morgan fingerprint density at radius 1 is 1.15 bits per heavy atom. The summed E-state index contributed by atoms with van der Waals surface area (Å²) in [5, 5.41) is 6.42. The minimum absolute atomic E-state index is 0. The Morgan fingerprint density at radius 2 is 2.00 bits per heavy atom. The highest BCUT2D eigenvalue weighted by atomic mass is 35.5. The molecule has 3 aromatic heterocycles. The van der Waals surface area contributed by atoms with E-state index in [-0.39, 0.29) is 41.9 Å². The fourth-order valence-electron chi connectivity index (χ4n) is 5.70. The van der Waals surface area contributed by atoms with Gasteiger partial charge in [-0.25, -0.2) is 14.4 Å². The summed E-state index contributed by atoms with van der Waals surface area (Å²) in [6.45, 7) is 2.17. The Hall–Kier alpha value is -3.12. The van der Waals surface area contributed by atoms with Crippen molar-refractivity contribution in [2.24, 2.45) is 5.73 Å². The molecule has 1 amide bonds. The number of amides is 1. The van der Waals surface area contributed by atoms with Gasteiger partial charge in [0.25, 0.3) is 5.91 Å². The van der Waals surface area contributed by atoms with Gasteiger partial charge in [-0.2, -0.15) is 0 Å². The molecule has 3 fully saturated rings. The quantitative estimate of drug-likeness (QED) is 0.312. The van der Waals surface area contributed by atoms with Crippen LogP contribution in [0.4, 0.5) is 10.2 Å². The van der Waals surface area contributed by atoms with E-state index in [1.54, 1.807) is 6.07 Å². The lowest BCUT2D eigenvalue weighted by Gasteiger charge is -2.53. The van der Waals surface area contributed by atoms with Gasteiger partial charge in [-0.1, -0.05) is 0 Å². The molecule has 1 saturated carbocycles. The Kier molecular flexibility index (Phi) is 8.37. The second-order valence-electron chi connectivity index (χ2n) is 10.7. The molecule has 6 heterocycles. The topological polar surface area (TPSA) is 134 Å². The van der Waals surface area contributed by atoms with Crippen molar-refractivity contribution in [1.82, 2.24) is 20.3 Å². The minimum Gasteiger partial charge on any atom is -0.480 e. The Labute approximate surface area is 238 Å². The lowest BCUT2D eigenvalue weighted by atomic mass is 9.69. The first-order valence-electron chi connectivity index (χ1n) is 13.6. The van der Waals surface area contributed by atoms with E-state index in [1.807, 2.05) is 18.2 Å². The van der Waals surface area contributed by atoms with Gasteiger partial charge in [-0.05, 0) is 69.7 Å². The van der Waals surface area contributed by atoms with Gasteiger partial charge in [0.1, 0.15) is 5.82 Å². The van der Waals surface area contributed by atoms with Crippen LogP contribution in [0.1, 0.15) is 49.8 Å². The van der Waals surface area contributed by atoms with Gasteiger partial charge in [0.15, 0.2) is 18.2 Å². The molecule has 4 N–H and O–H groups in total. The number of anilines is 1. The number of aryl methyl sites for hydroxylation is 1. The maximum absolute atomic E-state index is 15.0. The molecule has 0 radical (unpaired) electrons. The summed E-state index contributed by atoms with van der Waals surface area (Å²) >= 11 is 0. The van der Waals surface area contributed by atoms with Crippen LogP contribution < -0.4 is 25.8 Å². The van der Waals surface area contributed by atoms with Crippen LogP contribution in [0.2, 0.25) is 0 Å². The number of carbonyl (C=O) groups excluding carboxylic acids is 1. The molecule has 3 aliphatic heterocycles. The van der Waals surface area contributed by atoms with E-state index in [1.165, 1.54) is 6.20 Å². The number of hydrogen-bond acceptors (Lipinski definition) is 9. The van der Waals surface area contributed by atoms with Gasteiger partial charge in [0, 0.05) is 23.7 Å². The third-order valence-electron chi connectivity index (χ3n) is 8.12. The van der Waals surface area contributed by atoms with Gasteiger partial charge in [0.2, 0.25) is 5.88 Å². The van der Waals surface area contributed by atoms with Crippen molar-refractivity contribution >= 4 is 35.2 Å². The first-order valence-corrected chi connectivity index (χ1v) is 13.6. The highest BCUT2D eigenvalue weighted by Crippen LogP contribution is 2.46. The van der Waals surface area contributed by atoms with E-state index < -0.39 is 0 Å². The van der Waals surface area contributed by atoms with Crippen LogP contribution in [0.25, 0.3) is 11.0 Å². The molecular formula is C28H34ClFN6O4. The van der Waals surface area contributed by atoms with Crippen molar-refractivity contribution in [3.8, 4) is 11.6 Å². The molecule has 12 heteroatoms. The first kappa shape index (κ1) is 28.4. The lowest BCUT2D eigenvalue weighted by Crippen LogP contribution is -2.61. The predicted molar refractivity (Wildman–Crippen MR) is 149 cm³/mol. The van der Waals surface area contributed by atoms with Gasteiger partial charge in [-0.15, -0.1) is 12.4 Å². The number of aromatic nitrogens is 3. The zero-order valence-electron chi connectivity index (χ0n) is 22.2. The van der Waals surface area contributed by atoms with Crippen LogP contribution in [0.5, 0.6) is 11.6 Å². The molecule has 40 heavy (non-hydrogen) atoms. The molecule has 4 aliphatic rings. The fraction of sp³-hybridized carbons (Fsp3) is 0.500. The number of rotatable bonds is 10. The van der Waals surface area contributed by atoms with Crippen molar-refractivity contribution in [3.05, 3.63) is 47.5 Å². The van der Waals surface area contributed by atoms with Crippen LogP contribution in [-0.2, 0) is 22.5 Å². The molecule has 2 bridgehead atoms. The number of ether oxygens (including phenoxy) is 3. The SMILES string of the molecule is Cl.NCCCOc1ccc2ncc(F)c(CCC34CCC(NCc5ccc6c(n5)NC(=O)CO6)(CC3)CO4)c2n1. The number of carbonyl (C=O) groups is 1. The molecule has 1 aliphatic carbocycles. The number of hydrogen-bond donors (Lipinski definition) is 3. The zero-order valence-corrected chi connectivity index (χ0v) is 23.0. The van der Waals surface area contributed by atoms with Crippen LogP contribution in [0.3, 0.4) is 0 Å². The number of nitrogens with zero attached hydrogens (tertiary/aromatic N) is 3. The molecule has 214 valence electrons. The molecule has 0 spiro atoms. The van der Waals surface area contributed by atoms with Crippen LogP contribution in [0, 0.1) is 5.82 Å². The van der Waals surface area contributed by atoms with E-state index in [0.717, 1.165) is 37.8 Å². The van der Waals surface area contributed by atoms with Gasteiger partial charge in [0.05, 0.1) is 41.7 Å². The molecular weight excluding hydrogens is 539 g/mol. The summed E-state index contributed by atoms with van der Waals surface area (Å²) in [5.74, 6) is 0.949. The number of fused-ring (bicyclic) bond motifs is 5. The van der Waals surface area contributed by atoms with E-state index in [4.69, 9.17) is 19.9 Å². The van der Waals surface area contributed by atoms with Crippen molar-refractivity contribution in [2.75, 3.05) is 31.7 Å². The van der Waals surface area contributed by atoms with E-state index in [2.05, 4.69) is 25.6 Å². The monoisotopic (exact) mass is 572 g/mol. The van der Waals surface area contributed by atoms with E-state index in [0.29, 0.717) is 73.2 Å². The molecule has 7 rings (SSSR count). The number of nitrogens with one attached hydrogen (secondary N) is 2. The maximum atomic E-state index is 15.0. The standard InChI is InChI=1S/C28H33FN6O4.ClH/c29-20-15-31-21-3-5-24(37-13-1-12-30)35-25(21)19(20)6-7-28-10-8-27(9-11-28,17-39-28)32-14-18-2-4-22-26(33-18)34-23(36)16-38-22;/h2-5,15,32H,1,6-14,16-17,30H2,(H,33,34,36);1H. The summed E-state index contributed by atoms with van der Waals surface area (Å²) in [5.41, 5.74) is 7.73. The second kappa shape index (κ2) is 11.8. The minimum atomic E-state index is -0.354. The largest absolute Gasteiger partial charge is 0.480 e. The predicted octanol–water partition coefficient (Wildman–Crippen LogP) is 3.45. The normalized spacial score (nSPS) is 23.2. The summed E-state index contributed by atoms with van der Waals surface area (Å²) < 4.78 is 32.5.